The predicted octanol–water partition coefficient (Wildman–Crippen LogP) is 2.84. The lowest BCUT2D eigenvalue weighted by atomic mass is 10.2. The van der Waals surface area contributed by atoms with Crippen molar-refractivity contribution in [3.8, 4) is 0 Å². The molecule has 0 bridgehead atoms. The molecule has 0 aromatic rings. The van der Waals surface area contributed by atoms with E-state index in [2.05, 4.69) is 11.8 Å². The summed E-state index contributed by atoms with van der Waals surface area (Å²) in [6, 6.07) is -0.116. The standard InChI is InChI=1S/C14H27NO2/c1-6-9-15(10-12-7-8-12)11(2)13(16)17-14(3,4)5/h11-12H,6-10H2,1-5H3. The highest BCUT2D eigenvalue weighted by atomic mass is 16.6. The second-order valence-corrected chi connectivity index (χ2v) is 6.15. The number of rotatable bonds is 6. The smallest absolute Gasteiger partial charge is 0.323 e. The van der Waals surface area contributed by atoms with Crippen molar-refractivity contribution in [2.45, 2.75) is 65.5 Å². The Hall–Kier alpha value is -0.570. The Morgan fingerprint density at radius 3 is 2.41 bits per heavy atom. The first kappa shape index (κ1) is 14.5. The van der Waals surface area contributed by atoms with Gasteiger partial charge in [-0.15, -0.1) is 0 Å². The van der Waals surface area contributed by atoms with E-state index in [1.165, 1.54) is 12.8 Å². The number of carbonyl (C=O) groups excluding carboxylic acids is 1. The minimum atomic E-state index is -0.386. The highest BCUT2D eigenvalue weighted by Crippen LogP contribution is 2.30. The van der Waals surface area contributed by atoms with Crippen LogP contribution in [-0.4, -0.2) is 35.6 Å². The van der Waals surface area contributed by atoms with Crippen LogP contribution in [0.5, 0.6) is 0 Å². The van der Waals surface area contributed by atoms with Crippen molar-refractivity contribution in [3.05, 3.63) is 0 Å². The van der Waals surface area contributed by atoms with Gasteiger partial charge in [-0.1, -0.05) is 6.92 Å². The minimum Gasteiger partial charge on any atom is -0.459 e. The van der Waals surface area contributed by atoms with Crippen molar-refractivity contribution in [1.82, 2.24) is 4.90 Å². The van der Waals surface area contributed by atoms with Gasteiger partial charge < -0.3 is 4.74 Å². The van der Waals surface area contributed by atoms with Gasteiger partial charge in [-0.3, -0.25) is 9.69 Å². The van der Waals surface area contributed by atoms with Crippen LogP contribution < -0.4 is 0 Å². The van der Waals surface area contributed by atoms with E-state index in [4.69, 9.17) is 4.74 Å². The van der Waals surface area contributed by atoms with E-state index in [0.29, 0.717) is 0 Å². The predicted molar refractivity (Wildman–Crippen MR) is 69.9 cm³/mol. The third kappa shape index (κ3) is 5.53. The molecule has 17 heavy (non-hydrogen) atoms. The lowest BCUT2D eigenvalue weighted by molar-refractivity contribution is -0.160. The molecule has 1 aliphatic rings. The SMILES string of the molecule is CCCN(CC1CC1)C(C)C(=O)OC(C)(C)C. The summed E-state index contributed by atoms with van der Waals surface area (Å²) in [6.07, 6.45) is 3.72. The molecule has 0 aromatic carbocycles. The lowest BCUT2D eigenvalue weighted by Gasteiger charge is -2.30. The summed E-state index contributed by atoms with van der Waals surface area (Å²) in [4.78, 5) is 14.3. The monoisotopic (exact) mass is 241 g/mol. The van der Waals surface area contributed by atoms with Crippen LogP contribution in [0.4, 0.5) is 0 Å². The fraction of sp³-hybridized carbons (Fsp3) is 0.929. The second-order valence-electron chi connectivity index (χ2n) is 6.15. The first-order valence-corrected chi connectivity index (χ1v) is 6.80. The van der Waals surface area contributed by atoms with Gasteiger partial charge in [0.05, 0.1) is 0 Å². The summed E-state index contributed by atoms with van der Waals surface area (Å²) in [5, 5.41) is 0. The van der Waals surface area contributed by atoms with Crippen LogP contribution in [0.1, 0.15) is 53.9 Å². The zero-order valence-corrected chi connectivity index (χ0v) is 12.0. The van der Waals surface area contributed by atoms with E-state index >= 15 is 0 Å². The van der Waals surface area contributed by atoms with Crippen LogP contribution in [0.3, 0.4) is 0 Å². The molecule has 3 heteroatoms. The zero-order valence-electron chi connectivity index (χ0n) is 12.0. The Balaban J connectivity index is 2.49. The Bertz CT molecular complexity index is 253. The van der Waals surface area contributed by atoms with E-state index in [9.17, 15) is 4.79 Å². The van der Waals surface area contributed by atoms with Gasteiger partial charge in [-0.05, 0) is 59.4 Å². The molecule has 1 rings (SSSR count). The molecule has 0 saturated heterocycles. The first-order chi connectivity index (χ1) is 7.83. The summed E-state index contributed by atoms with van der Waals surface area (Å²) < 4.78 is 5.45. The molecule has 1 fully saturated rings. The largest absolute Gasteiger partial charge is 0.459 e. The van der Waals surface area contributed by atoms with Crippen LogP contribution in [0.2, 0.25) is 0 Å². The van der Waals surface area contributed by atoms with Crippen LogP contribution in [0, 0.1) is 5.92 Å². The van der Waals surface area contributed by atoms with Crippen molar-refractivity contribution in [3.63, 3.8) is 0 Å². The van der Waals surface area contributed by atoms with Crippen LogP contribution >= 0.6 is 0 Å². The van der Waals surface area contributed by atoms with Crippen molar-refractivity contribution in [2.75, 3.05) is 13.1 Å². The molecule has 0 spiro atoms. The molecule has 1 saturated carbocycles. The Morgan fingerprint density at radius 2 is 2.00 bits per heavy atom. The van der Waals surface area contributed by atoms with Gasteiger partial charge in [0, 0.05) is 6.54 Å². The van der Waals surface area contributed by atoms with Gasteiger partial charge in [0.25, 0.3) is 0 Å². The maximum Gasteiger partial charge on any atom is 0.323 e. The van der Waals surface area contributed by atoms with E-state index in [-0.39, 0.29) is 17.6 Å². The maximum absolute atomic E-state index is 12.0. The number of carbonyl (C=O) groups is 1. The van der Waals surface area contributed by atoms with Gasteiger partial charge in [-0.2, -0.15) is 0 Å². The molecule has 0 amide bonds. The summed E-state index contributed by atoms with van der Waals surface area (Å²) in [7, 11) is 0. The molecule has 0 radical (unpaired) electrons. The first-order valence-electron chi connectivity index (χ1n) is 6.80. The normalized spacial score (nSPS) is 18.2. The number of nitrogens with zero attached hydrogens (tertiary/aromatic N) is 1. The van der Waals surface area contributed by atoms with Gasteiger partial charge in [0.1, 0.15) is 11.6 Å². The van der Waals surface area contributed by atoms with Gasteiger partial charge in [0.2, 0.25) is 0 Å². The van der Waals surface area contributed by atoms with Crippen molar-refractivity contribution in [1.29, 1.82) is 0 Å². The summed E-state index contributed by atoms with van der Waals surface area (Å²) in [5.74, 6) is 0.720. The average Bonchev–Trinajstić information content (AvgIpc) is 2.97. The minimum absolute atomic E-state index is 0.0911. The summed E-state index contributed by atoms with van der Waals surface area (Å²) in [5.41, 5.74) is -0.386. The molecule has 3 nitrogen and oxygen atoms in total. The molecule has 100 valence electrons. The molecule has 0 aliphatic heterocycles. The molecular formula is C14H27NO2. The highest BCUT2D eigenvalue weighted by molar-refractivity contribution is 5.75. The van der Waals surface area contributed by atoms with Crippen LogP contribution in [-0.2, 0) is 9.53 Å². The number of esters is 1. The molecular weight excluding hydrogens is 214 g/mol. The summed E-state index contributed by atoms with van der Waals surface area (Å²) >= 11 is 0. The van der Waals surface area contributed by atoms with Crippen molar-refractivity contribution < 1.29 is 9.53 Å². The molecule has 1 unspecified atom stereocenters. The van der Waals surface area contributed by atoms with Gasteiger partial charge >= 0.3 is 5.97 Å². The number of ether oxygens (including phenoxy) is 1. The quantitative estimate of drug-likeness (QED) is 0.670. The number of hydrogen-bond donors (Lipinski definition) is 0. The molecule has 0 N–H and O–H groups in total. The molecule has 0 heterocycles. The summed E-state index contributed by atoms with van der Waals surface area (Å²) in [6.45, 7) is 11.9. The highest BCUT2D eigenvalue weighted by Gasteiger charge is 2.30. The van der Waals surface area contributed by atoms with E-state index in [1.54, 1.807) is 0 Å². The van der Waals surface area contributed by atoms with Crippen LogP contribution in [0.25, 0.3) is 0 Å². The van der Waals surface area contributed by atoms with E-state index in [1.807, 2.05) is 27.7 Å². The fourth-order valence-corrected chi connectivity index (χ4v) is 1.90. The molecule has 1 aliphatic carbocycles. The number of hydrogen-bond acceptors (Lipinski definition) is 3. The second kappa shape index (κ2) is 5.85. The zero-order chi connectivity index (χ0) is 13.1. The molecule has 1 atom stereocenters. The van der Waals surface area contributed by atoms with E-state index < -0.39 is 0 Å². The van der Waals surface area contributed by atoms with Gasteiger partial charge in [-0.25, -0.2) is 0 Å². The maximum atomic E-state index is 12.0. The van der Waals surface area contributed by atoms with Crippen molar-refractivity contribution >= 4 is 5.97 Å². The molecule has 0 aromatic heterocycles. The average molecular weight is 241 g/mol. The third-order valence-electron chi connectivity index (χ3n) is 3.00. The van der Waals surface area contributed by atoms with Crippen LogP contribution in [0.15, 0.2) is 0 Å². The van der Waals surface area contributed by atoms with Gasteiger partial charge in [0.15, 0.2) is 0 Å². The Kier molecular flexibility index (Phi) is 4.99. The Labute approximate surface area is 106 Å². The van der Waals surface area contributed by atoms with Crippen molar-refractivity contribution in [2.24, 2.45) is 5.92 Å². The lowest BCUT2D eigenvalue weighted by Crippen LogP contribution is -2.43. The topological polar surface area (TPSA) is 29.5 Å². The Morgan fingerprint density at radius 1 is 1.41 bits per heavy atom. The third-order valence-corrected chi connectivity index (χ3v) is 3.00. The fourth-order valence-electron chi connectivity index (χ4n) is 1.90. The van der Waals surface area contributed by atoms with E-state index in [0.717, 1.165) is 25.4 Å².